The Morgan fingerprint density at radius 1 is 1.15 bits per heavy atom. The van der Waals surface area contributed by atoms with Gasteiger partial charge in [-0.25, -0.2) is 0 Å². The van der Waals surface area contributed by atoms with E-state index < -0.39 is 17.7 Å². The van der Waals surface area contributed by atoms with Crippen molar-refractivity contribution in [2.45, 2.75) is 6.04 Å². The van der Waals surface area contributed by atoms with Crippen molar-refractivity contribution in [3.05, 3.63) is 65.6 Å². The van der Waals surface area contributed by atoms with E-state index in [1.807, 2.05) is 25.1 Å². The number of likely N-dealkylation sites (N-methyl/N-ethyl adjacent to an activating group) is 1. The van der Waals surface area contributed by atoms with Crippen molar-refractivity contribution < 1.29 is 19.1 Å². The Bertz CT molecular complexity index is 800. The highest BCUT2D eigenvalue weighted by atomic mass is 35.5. The second-order valence-electron chi connectivity index (χ2n) is 6.18. The summed E-state index contributed by atoms with van der Waals surface area (Å²) in [6, 6.07) is 11.4. The second-order valence-corrected chi connectivity index (χ2v) is 6.18. The number of rotatable bonds is 5. The number of likely N-dealkylation sites (tertiary alicyclic amines) is 1. The highest BCUT2D eigenvalue weighted by Crippen LogP contribution is 2.39. The van der Waals surface area contributed by atoms with E-state index in [4.69, 9.17) is 4.42 Å². The maximum Gasteiger partial charge on any atom is 0.295 e. The summed E-state index contributed by atoms with van der Waals surface area (Å²) in [6.45, 7) is 0.949. The van der Waals surface area contributed by atoms with Crippen LogP contribution < -0.4 is 0 Å². The molecule has 1 unspecified atom stereocenters. The number of benzene rings is 1. The van der Waals surface area contributed by atoms with Crippen LogP contribution in [0.15, 0.2) is 58.7 Å². The first kappa shape index (κ1) is 19.8. The zero-order chi connectivity index (χ0) is 18.0. The van der Waals surface area contributed by atoms with Crippen molar-refractivity contribution in [2.75, 3.05) is 27.2 Å². The smallest absolute Gasteiger partial charge is 0.295 e. The average molecular weight is 377 g/mol. The first-order chi connectivity index (χ1) is 12.0. The first-order valence-electron chi connectivity index (χ1n) is 8.02. The highest BCUT2D eigenvalue weighted by molar-refractivity contribution is 6.46. The summed E-state index contributed by atoms with van der Waals surface area (Å²) in [5, 5.41) is 10.7. The third kappa shape index (κ3) is 3.66. The van der Waals surface area contributed by atoms with Crippen LogP contribution in [0.5, 0.6) is 0 Å². The number of furan rings is 1. The lowest BCUT2D eigenvalue weighted by molar-refractivity contribution is -0.140. The van der Waals surface area contributed by atoms with Crippen molar-refractivity contribution in [3.8, 4) is 0 Å². The van der Waals surface area contributed by atoms with Crippen LogP contribution in [0.3, 0.4) is 0 Å². The molecule has 6 nitrogen and oxygen atoms in total. The number of hydrogen-bond donors (Lipinski definition) is 1. The third-order valence-corrected chi connectivity index (χ3v) is 4.19. The molecular weight excluding hydrogens is 356 g/mol. The second kappa shape index (κ2) is 8.21. The molecule has 1 saturated heterocycles. The van der Waals surface area contributed by atoms with Crippen LogP contribution in [-0.2, 0) is 9.59 Å². The molecule has 2 aromatic rings. The molecule has 0 radical (unpaired) electrons. The quantitative estimate of drug-likeness (QED) is 0.493. The Balaban J connectivity index is 0.00000243. The lowest BCUT2D eigenvalue weighted by Gasteiger charge is -2.24. The first-order valence-corrected chi connectivity index (χ1v) is 8.02. The SMILES string of the molecule is CN(C)CCN1C(=O)C(=O)C(=C(O)c2ccccc2)C1c1ccco1.Cl. The van der Waals surface area contributed by atoms with Crippen LogP contribution in [-0.4, -0.2) is 53.8 Å². The van der Waals surface area contributed by atoms with Crippen molar-refractivity contribution in [1.29, 1.82) is 0 Å². The van der Waals surface area contributed by atoms with Gasteiger partial charge in [0, 0.05) is 18.7 Å². The molecule has 1 aliphatic heterocycles. The molecule has 0 spiro atoms. The summed E-state index contributed by atoms with van der Waals surface area (Å²) in [4.78, 5) is 28.5. The number of ketones is 1. The maximum atomic E-state index is 12.6. The van der Waals surface area contributed by atoms with Crippen molar-refractivity contribution in [1.82, 2.24) is 9.80 Å². The number of carbonyl (C=O) groups is 2. The number of halogens is 1. The van der Waals surface area contributed by atoms with Crippen LogP contribution in [0.4, 0.5) is 0 Å². The molecule has 7 heteroatoms. The number of carbonyl (C=O) groups excluding carboxylic acids is 2. The van der Waals surface area contributed by atoms with Gasteiger partial charge in [-0.3, -0.25) is 9.59 Å². The lowest BCUT2D eigenvalue weighted by atomic mass is 9.99. The minimum absolute atomic E-state index is 0. The summed E-state index contributed by atoms with van der Waals surface area (Å²) < 4.78 is 5.46. The van der Waals surface area contributed by atoms with Gasteiger partial charge >= 0.3 is 0 Å². The summed E-state index contributed by atoms with van der Waals surface area (Å²) in [5.74, 6) is -1.05. The molecule has 1 N–H and O–H groups in total. The van der Waals surface area contributed by atoms with Gasteiger partial charge in [-0.1, -0.05) is 30.3 Å². The lowest BCUT2D eigenvalue weighted by Crippen LogP contribution is -2.35. The largest absolute Gasteiger partial charge is 0.507 e. The van der Waals surface area contributed by atoms with E-state index in [2.05, 4.69) is 0 Å². The van der Waals surface area contributed by atoms with Crippen LogP contribution in [0.25, 0.3) is 5.76 Å². The Morgan fingerprint density at radius 2 is 1.85 bits per heavy atom. The van der Waals surface area contributed by atoms with Crippen molar-refractivity contribution in [3.63, 3.8) is 0 Å². The molecule has 1 aromatic heterocycles. The summed E-state index contributed by atoms with van der Waals surface area (Å²) in [5.41, 5.74) is 0.551. The number of Topliss-reactive ketones (excluding diaryl/α,β-unsaturated/α-hetero) is 1. The zero-order valence-electron chi connectivity index (χ0n) is 14.6. The zero-order valence-corrected chi connectivity index (χ0v) is 15.4. The van der Waals surface area contributed by atoms with E-state index >= 15 is 0 Å². The molecule has 1 atom stereocenters. The van der Waals surface area contributed by atoms with Gasteiger partial charge in [0.15, 0.2) is 0 Å². The Morgan fingerprint density at radius 3 is 2.42 bits per heavy atom. The Hall–Kier alpha value is -2.57. The van der Waals surface area contributed by atoms with E-state index in [0.29, 0.717) is 24.4 Å². The highest BCUT2D eigenvalue weighted by Gasteiger charge is 2.47. The van der Waals surface area contributed by atoms with Crippen LogP contribution >= 0.6 is 12.4 Å². The number of amides is 1. The van der Waals surface area contributed by atoms with Gasteiger partial charge in [0.1, 0.15) is 17.6 Å². The van der Waals surface area contributed by atoms with E-state index in [1.54, 1.807) is 36.4 Å². The third-order valence-electron chi connectivity index (χ3n) is 4.19. The molecule has 26 heavy (non-hydrogen) atoms. The topological polar surface area (TPSA) is 74.0 Å². The van der Waals surface area contributed by atoms with E-state index in [9.17, 15) is 14.7 Å². The van der Waals surface area contributed by atoms with Crippen LogP contribution in [0.2, 0.25) is 0 Å². The van der Waals surface area contributed by atoms with Crippen molar-refractivity contribution >= 4 is 29.9 Å². The van der Waals surface area contributed by atoms with E-state index in [-0.39, 0.29) is 23.7 Å². The maximum absolute atomic E-state index is 12.6. The minimum atomic E-state index is -0.727. The molecule has 0 saturated carbocycles. The number of hydrogen-bond acceptors (Lipinski definition) is 5. The summed E-state index contributed by atoms with van der Waals surface area (Å²) in [6.07, 6.45) is 1.49. The Labute approximate surface area is 158 Å². The van der Waals surface area contributed by atoms with Crippen LogP contribution in [0.1, 0.15) is 17.4 Å². The van der Waals surface area contributed by atoms with Gasteiger partial charge in [-0.2, -0.15) is 0 Å². The summed E-state index contributed by atoms with van der Waals surface area (Å²) in [7, 11) is 3.78. The van der Waals surface area contributed by atoms with Gasteiger partial charge in [-0.05, 0) is 26.2 Å². The molecule has 1 aliphatic rings. The minimum Gasteiger partial charge on any atom is -0.507 e. The van der Waals surface area contributed by atoms with Crippen LogP contribution in [0, 0.1) is 0 Å². The molecule has 0 aliphatic carbocycles. The average Bonchev–Trinajstić information content (AvgIpc) is 3.21. The summed E-state index contributed by atoms with van der Waals surface area (Å²) >= 11 is 0. The molecule has 138 valence electrons. The van der Waals surface area contributed by atoms with Gasteiger partial charge in [0.25, 0.3) is 11.7 Å². The van der Waals surface area contributed by atoms with Gasteiger partial charge in [0.05, 0.1) is 11.8 Å². The van der Waals surface area contributed by atoms with Gasteiger partial charge < -0.3 is 19.3 Å². The number of aliphatic hydroxyl groups is 1. The van der Waals surface area contributed by atoms with E-state index in [0.717, 1.165) is 0 Å². The fourth-order valence-corrected chi connectivity index (χ4v) is 2.91. The standard InChI is InChI=1S/C19H20N2O4.ClH/c1-20(2)10-11-21-16(14-9-6-12-25-14)15(18(23)19(21)24)17(22)13-7-4-3-5-8-13;/h3-9,12,16,22H,10-11H2,1-2H3;1H. The molecule has 1 amide bonds. The fourth-order valence-electron chi connectivity index (χ4n) is 2.91. The van der Waals surface area contributed by atoms with Gasteiger partial charge in [-0.15, -0.1) is 12.4 Å². The normalized spacial score (nSPS) is 19.0. The molecule has 2 heterocycles. The van der Waals surface area contributed by atoms with Gasteiger partial charge in [0.2, 0.25) is 0 Å². The van der Waals surface area contributed by atoms with E-state index in [1.165, 1.54) is 11.2 Å². The predicted molar refractivity (Wildman–Crippen MR) is 100.0 cm³/mol. The Kier molecular flexibility index (Phi) is 6.23. The van der Waals surface area contributed by atoms with Crippen molar-refractivity contribution in [2.24, 2.45) is 0 Å². The number of nitrogens with zero attached hydrogens (tertiary/aromatic N) is 2. The fraction of sp³-hybridized carbons (Fsp3) is 0.263. The molecular formula is C19H21ClN2O4. The molecule has 1 fully saturated rings. The predicted octanol–water partition coefficient (Wildman–Crippen LogP) is 2.68. The molecule has 1 aromatic carbocycles. The number of aliphatic hydroxyl groups excluding tert-OH is 1. The molecule has 0 bridgehead atoms. The monoisotopic (exact) mass is 376 g/mol. The molecule has 3 rings (SSSR count).